The molecule has 9 N–H and O–H groups in total. The summed E-state index contributed by atoms with van der Waals surface area (Å²) in [5.74, 6) is -0.260. The second-order valence-corrected chi connectivity index (χ2v) is 18.6. The average Bonchev–Trinajstić information content (AvgIpc) is 3.32. The largest absolute Gasteiger partial charge is 0.394 e. The molecule has 14 heteroatoms. The average molecular weight is 954 g/mol. The summed E-state index contributed by atoms with van der Waals surface area (Å²) in [6.45, 7) is 2.74. The van der Waals surface area contributed by atoms with E-state index in [1.165, 1.54) is 103 Å². The zero-order chi connectivity index (χ0) is 48.9. The van der Waals surface area contributed by atoms with Crippen LogP contribution in [0.4, 0.5) is 0 Å². The van der Waals surface area contributed by atoms with E-state index >= 15 is 0 Å². The van der Waals surface area contributed by atoms with Gasteiger partial charge in [0.05, 0.1) is 32.0 Å². The molecule has 67 heavy (non-hydrogen) atoms. The van der Waals surface area contributed by atoms with E-state index in [1.807, 2.05) is 6.08 Å². The zero-order valence-corrected chi connectivity index (χ0v) is 41.4. The van der Waals surface area contributed by atoms with E-state index in [9.17, 15) is 45.6 Å². The van der Waals surface area contributed by atoms with Crippen molar-refractivity contribution in [3.05, 3.63) is 48.6 Å². The van der Waals surface area contributed by atoms with Crippen LogP contribution in [0, 0.1) is 0 Å². The number of aliphatic hydroxyl groups is 8. The molecule has 2 fully saturated rings. The van der Waals surface area contributed by atoms with E-state index in [-0.39, 0.29) is 18.9 Å². The van der Waals surface area contributed by atoms with Gasteiger partial charge in [0.15, 0.2) is 12.6 Å². The Morgan fingerprint density at radius 2 is 0.955 bits per heavy atom. The van der Waals surface area contributed by atoms with Crippen molar-refractivity contribution < 1.29 is 64.6 Å². The van der Waals surface area contributed by atoms with Crippen molar-refractivity contribution in [1.29, 1.82) is 0 Å². The molecule has 1 amide bonds. The van der Waals surface area contributed by atoms with Crippen LogP contribution in [0.1, 0.15) is 187 Å². The predicted octanol–water partition coefficient (Wildman–Crippen LogP) is 7.27. The van der Waals surface area contributed by atoms with Crippen LogP contribution in [0.15, 0.2) is 48.6 Å². The summed E-state index contributed by atoms with van der Waals surface area (Å²) in [6, 6.07) is -0.939. The van der Waals surface area contributed by atoms with E-state index in [0.29, 0.717) is 12.8 Å². The number of amides is 1. The van der Waals surface area contributed by atoms with Crippen LogP contribution in [0.3, 0.4) is 0 Å². The molecule has 0 spiro atoms. The minimum Gasteiger partial charge on any atom is -0.394 e. The highest BCUT2D eigenvalue weighted by Crippen LogP contribution is 2.30. The summed E-state index contributed by atoms with van der Waals surface area (Å²) in [7, 11) is 0. The molecule has 2 aliphatic heterocycles. The lowest BCUT2D eigenvalue weighted by atomic mass is 9.97. The normalized spacial score (nSPS) is 27.0. The highest BCUT2D eigenvalue weighted by molar-refractivity contribution is 5.76. The Hall–Kier alpha value is -2.05. The number of carbonyl (C=O) groups excluding carboxylic acids is 1. The SMILES string of the molecule is CCCCCCCC/C=C\CCCCCCCCCC(=O)NC(COC1OC(CO)C(OC2OC(CO)C(O)C(O)C2O)C(O)C1O)C(O)/C=C/CC/C=C/CC/C=C/CCCCCCCC. The van der Waals surface area contributed by atoms with Crippen LogP contribution in [0.25, 0.3) is 0 Å². The first-order chi connectivity index (χ1) is 32.6. The number of unbranched alkanes of at least 4 members (excludes halogenated alkanes) is 21. The van der Waals surface area contributed by atoms with Gasteiger partial charge in [-0.25, -0.2) is 0 Å². The van der Waals surface area contributed by atoms with Crippen LogP contribution in [0.5, 0.6) is 0 Å². The van der Waals surface area contributed by atoms with Crippen LogP contribution in [-0.4, -0.2) is 140 Å². The third-order valence-electron chi connectivity index (χ3n) is 12.7. The monoisotopic (exact) mass is 954 g/mol. The molecule has 0 aliphatic carbocycles. The summed E-state index contributed by atoms with van der Waals surface area (Å²) in [5.41, 5.74) is 0. The number of allylic oxidation sites excluding steroid dienone is 7. The molecule has 0 bridgehead atoms. The van der Waals surface area contributed by atoms with Crippen LogP contribution in [-0.2, 0) is 23.7 Å². The summed E-state index contributed by atoms with van der Waals surface area (Å²) in [4.78, 5) is 13.2. The van der Waals surface area contributed by atoms with Crippen LogP contribution in [0.2, 0.25) is 0 Å². The summed E-state index contributed by atoms with van der Waals surface area (Å²) >= 11 is 0. The molecule has 0 aromatic carbocycles. The third-order valence-corrected chi connectivity index (χ3v) is 12.7. The lowest BCUT2D eigenvalue weighted by Crippen LogP contribution is -2.65. The highest BCUT2D eigenvalue weighted by atomic mass is 16.7. The summed E-state index contributed by atoms with van der Waals surface area (Å²) in [5, 5.41) is 86.8. The molecule has 2 heterocycles. The quantitative estimate of drug-likeness (QED) is 0.0218. The zero-order valence-electron chi connectivity index (χ0n) is 41.4. The Labute approximate surface area is 403 Å². The number of carbonyl (C=O) groups is 1. The van der Waals surface area contributed by atoms with Crippen molar-refractivity contribution >= 4 is 5.91 Å². The van der Waals surface area contributed by atoms with Gasteiger partial charge < -0.3 is 65.1 Å². The van der Waals surface area contributed by atoms with Crippen molar-refractivity contribution in [3.63, 3.8) is 0 Å². The van der Waals surface area contributed by atoms with Gasteiger partial charge in [-0.3, -0.25) is 4.79 Å². The van der Waals surface area contributed by atoms with Crippen molar-refractivity contribution in [2.24, 2.45) is 0 Å². The molecule has 0 saturated carbocycles. The first kappa shape index (κ1) is 61.1. The fraction of sp³-hybridized carbons (Fsp3) is 0.830. The van der Waals surface area contributed by atoms with Gasteiger partial charge in [-0.2, -0.15) is 0 Å². The maximum absolute atomic E-state index is 13.2. The third kappa shape index (κ3) is 26.7. The van der Waals surface area contributed by atoms with Crippen molar-refractivity contribution in [2.45, 2.75) is 261 Å². The van der Waals surface area contributed by atoms with E-state index in [2.05, 4.69) is 55.6 Å². The number of hydrogen-bond acceptors (Lipinski definition) is 13. The first-order valence-corrected chi connectivity index (χ1v) is 26.4. The molecule has 14 nitrogen and oxygen atoms in total. The molecular formula is C53H95NO13. The molecule has 390 valence electrons. The van der Waals surface area contributed by atoms with Crippen molar-refractivity contribution in [3.8, 4) is 0 Å². The lowest BCUT2D eigenvalue weighted by Gasteiger charge is -2.46. The summed E-state index contributed by atoms with van der Waals surface area (Å²) < 4.78 is 22.7. The molecule has 0 aromatic rings. The van der Waals surface area contributed by atoms with Gasteiger partial charge in [0.25, 0.3) is 0 Å². The Balaban J connectivity index is 1.86. The Kier molecular flexibility index (Phi) is 36.1. The fourth-order valence-electron chi connectivity index (χ4n) is 8.37. The molecule has 2 rings (SSSR count). The Morgan fingerprint density at radius 1 is 0.522 bits per heavy atom. The molecule has 0 radical (unpaired) electrons. The van der Waals surface area contributed by atoms with Gasteiger partial charge in [0.1, 0.15) is 48.8 Å². The first-order valence-electron chi connectivity index (χ1n) is 26.4. The maximum Gasteiger partial charge on any atom is 0.220 e. The molecule has 2 aliphatic rings. The van der Waals surface area contributed by atoms with E-state index in [1.54, 1.807) is 6.08 Å². The number of aliphatic hydroxyl groups excluding tert-OH is 8. The second-order valence-electron chi connectivity index (χ2n) is 18.6. The molecular weight excluding hydrogens is 859 g/mol. The van der Waals surface area contributed by atoms with Gasteiger partial charge in [-0.1, -0.05) is 159 Å². The number of hydrogen-bond donors (Lipinski definition) is 9. The van der Waals surface area contributed by atoms with Gasteiger partial charge in [-0.05, 0) is 70.6 Å². The number of rotatable bonds is 40. The van der Waals surface area contributed by atoms with E-state index < -0.39 is 86.8 Å². The maximum atomic E-state index is 13.2. The Morgan fingerprint density at radius 3 is 1.46 bits per heavy atom. The predicted molar refractivity (Wildman–Crippen MR) is 263 cm³/mol. The van der Waals surface area contributed by atoms with Gasteiger partial charge >= 0.3 is 0 Å². The van der Waals surface area contributed by atoms with E-state index in [0.717, 1.165) is 51.4 Å². The molecule has 12 atom stereocenters. The second kappa shape index (κ2) is 39.6. The Bertz CT molecular complexity index is 1310. The van der Waals surface area contributed by atoms with Crippen molar-refractivity contribution in [2.75, 3.05) is 19.8 Å². The summed E-state index contributed by atoms with van der Waals surface area (Å²) in [6.07, 6.45) is 30.0. The molecule has 2 saturated heterocycles. The molecule has 12 unspecified atom stereocenters. The fourth-order valence-corrected chi connectivity index (χ4v) is 8.37. The minimum absolute atomic E-state index is 0.260. The molecule has 0 aromatic heterocycles. The van der Waals surface area contributed by atoms with Gasteiger partial charge in [-0.15, -0.1) is 0 Å². The number of nitrogens with one attached hydrogen (secondary N) is 1. The van der Waals surface area contributed by atoms with Gasteiger partial charge in [0.2, 0.25) is 5.91 Å². The highest BCUT2D eigenvalue weighted by Gasteiger charge is 2.51. The lowest BCUT2D eigenvalue weighted by molar-refractivity contribution is -0.359. The van der Waals surface area contributed by atoms with Crippen LogP contribution >= 0.6 is 0 Å². The van der Waals surface area contributed by atoms with Gasteiger partial charge in [0, 0.05) is 6.42 Å². The van der Waals surface area contributed by atoms with E-state index in [4.69, 9.17) is 18.9 Å². The number of ether oxygens (including phenoxy) is 4. The standard InChI is InChI=1S/C53H95NO13/c1-3-5-7-9-11-13-15-17-19-21-23-25-27-29-31-33-35-37-45(58)54-41(42(57)36-34-32-30-28-26-24-22-20-18-16-14-12-10-8-6-4-2)40-64-52-50(63)48(61)51(44(39-56)66-52)67-53-49(62)47(60)46(59)43(38-55)65-53/h17-20,26,28,34,36,41-44,46-53,55-57,59-63H,3-16,21-25,27,29-33,35,37-40H2,1-2H3,(H,54,58)/b19-17-,20-18+,28-26+,36-34+. The minimum atomic E-state index is -1.79. The topological polar surface area (TPSA) is 228 Å². The van der Waals surface area contributed by atoms with Crippen LogP contribution < -0.4 is 5.32 Å². The van der Waals surface area contributed by atoms with Crippen molar-refractivity contribution in [1.82, 2.24) is 5.32 Å². The smallest absolute Gasteiger partial charge is 0.220 e.